The summed E-state index contributed by atoms with van der Waals surface area (Å²) in [5, 5.41) is 12.7. The third kappa shape index (κ3) is 4.20. The summed E-state index contributed by atoms with van der Waals surface area (Å²) in [6, 6.07) is 6.80. The maximum atomic E-state index is 12.1. The summed E-state index contributed by atoms with van der Waals surface area (Å²) in [5.74, 6) is -0.213. The Kier molecular flexibility index (Phi) is 6.46. The molecule has 1 fully saturated rings. The predicted molar refractivity (Wildman–Crippen MR) is 81.8 cm³/mol. The van der Waals surface area contributed by atoms with Crippen molar-refractivity contribution < 1.29 is 9.90 Å². The number of carbonyl (C=O) groups is 1. The largest absolute Gasteiger partial charge is 0.391 e. The van der Waals surface area contributed by atoms with Gasteiger partial charge in [-0.3, -0.25) is 4.79 Å². The van der Waals surface area contributed by atoms with E-state index in [-0.39, 0.29) is 24.4 Å². The number of aliphatic hydroxyl groups excluding tert-OH is 1. The Balaban J connectivity index is 0.00000200. The third-order valence-electron chi connectivity index (χ3n) is 3.78. The number of rotatable bonds is 3. The molecule has 0 heterocycles. The molecule has 0 aromatic heterocycles. The molecule has 1 aromatic rings. The topological polar surface area (TPSA) is 75.4 Å². The fourth-order valence-electron chi connectivity index (χ4n) is 2.48. The Morgan fingerprint density at radius 3 is 2.50 bits per heavy atom. The quantitative estimate of drug-likeness (QED) is 0.797. The van der Waals surface area contributed by atoms with Gasteiger partial charge in [0, 0.05) is 0 Å². The monoisotopic (exact) mass is 298 g/mol. The zero-order chi connectivity index (χ0) is 13.8. The zero-order valence-corrected chi connectivity index (χ0v) is 12.5. The van der Waals surface area contributed by atoms with Crippen molar-refractivity contribution in [2.75, 3.05) is 0 Å². The lowest BCUT2D eigenvalue weighted by molar-refractivity contribution is -0.124. The van der Waals surface area contributed by atoms with Crippen molar-refractivity contribution in [2.24, 2.45) is 5.73 Å². The summed E-state index contributed by atoms with van der Waals surface area (Å²) >= 11 is 0. The highest BCUT2D eigenvalue weighted by Crippen LogP contribution is 2.19. The molecule has 1 aliphatic rings. The van der Waals surface area contributed by atoms with Crippen LogP contribution in [0.1, 0.15) is 42.9 Å². The number of nitrogens with two attached hydrogens (primary N) is 1. The van der Waals surface area contributed by atoms with E-state index in [0.717, 1.165) is 36.8 Å². The highest BCUT2D eigenvalue weighted by atomic mass is 35.5. The molecule has 1 aliphatic carbocycles. The highest BCUT2D eigenvalue weighted by Gasteiger charge is 2.26. The zero-order valence-electron chi connectivity index (χ0n) is 11.7. The summed E-state index contributed by atoms with van der Waals surface area (Å²) in [6.45, 7) is 1.99. The van der Waals surface area contributed by atoms with Gasteiger partial charge in [0.05, 0.1) is 12.1 Å². The second-order valence-electron chi connectivity index (χ2n) is 5.36. The smallest absolute Gasteiger partial charge is 0.241 e. The van der Waals surface area contributed by atoms with Gasteiger partial charge in [-0.15, -0.1) is 12.4 Å². The first-order valence-corrected chi connectivity index (χ1v) is 6.88. The maximum absolute atomic E-state index is 12.1. The van der Waals surface area contributed by atoms with Crippen molar-refractivity contribution in [1.82, 2.24) is 5.32 Å². The second-order valence-corrected chi connectivity index (χ2v) is 5.36. The molecule has 4 nitrogen and oxygen atoms in total. The molecule has 0 spiro atoms. The van der Waals surface area contributed by atoms with Crippen LogP contribution in [0.15, 0.2) is 24.3 Å². The van der Waals surface area contributed by atoms with Crippen molar-refractivity contribution in [1.29, 1.82) is 0 Å². The lowest BCUT2D eigenvalue weighted by atomic mass is 9.92. The van der Waals surface area contributed by atoms with Crippen LogP contribution in [0, 0.1) is 6.92 Å². The molecule has 1 saturated carbocycles. The Bertz CT molecular complexity index is 436. The number of hydrogen-bond acceptors (Lipinski definition) is 3. The van der Waals surface area contributed by atoms with Crippen molar-refractivity contribution in [3.8, 4) is 0 Å². The van der Waals surface area contributed by atoms with Gasteiger partial charge in [-0.25, -0.2) is 0 Å². The van der Waals surface area contributed by atoms with Gasteiger partial charge >= 0.3 is 0 Å². The van der Waals surface area contributed by atoms with Crippen LogP contribution in [0.3, 0.4) is 0 Å². The molecule has 1 amide bonds. The van der Waals surface area contributed by atoms with Crippen LogP contribution in [0.4, 0.5) is 0 Å². The van der Waals surface area contributed by atoms with E-state index in [1.165, 1.54) is 0 Å². The average Bonchev–Trinajstić information content (AvgIpc) is 2.41. The van der Waals surface area contributed by atoms with Gasteiger partial charge in [-0.05, 0) is 25.3 Å². The van der Waals surface area contributed by atoms with Crippen LogP contribution in [-0.2, 0) is 4.79 Å². The van der Waals surface area contributed by atoms with Crippen LogP contribution >= 0.6 is 12.4 Å². The van der Waals surface area contributed by atoms with E-state index in [0.29, 0.717) is 0 Å². The Morgan fingerprint density at radius 1 is 1.30 bits per heavy atom. The highest BCUT2D eigenvalue weighted by molar-refractivity contribution is 5.85. The summed E-state index contributed by atoms with van der Waals surface area (Å²) in [5.41, 5.74) is 7.90. The molecule has 0 saturated heterocycles. The molecule has 0 bridgehead atoms. The van der Waals surface area contributed by atoms with Crippen LogP contribution < -0.4 is 11.1 Å². The van der Waals surface area contributed by atoms with E-state index >= 15 is 0 Å². The number of aryl methyl sites for hydroxylation is 1. The summed E-state index contributed by atoms with van der Waals surface area (Å²) in [4.78, 5) is 12.1. The van der Waals surface area contributed by atoms with E-state index in [9.17, 15) is 9.90 Å². The van der Waals surface area contributed by atoms with Gasteiger partial charge in [-0.2, -0.15) is 0 Å². The lowest BCUT2D eigenvalue weighted by Gasteiger charge is -2.29. The molecule has 1 aromatic carbocycles. The molecule has 0 radical (unpaired) electrons. The SMILES string of the molecule is Cc1ccc(C(N)C(=O)N[C@@H]2CCCC[C@H]2O)cc1.Cl. The van der Waals surface area contributed by atoms with Gasteiger partial charge in [0.2, 0.25) is 5.91 Å². The van der Waals surface area contributed by atoms with Gasteiger partial charge in [0.25, 0.3) is 0 Å². The number of aliphatic hydroxyl groups is 1. The molecular formula is C15H23ClN2O2. The molecule has 2 rings (SSSR count). The average molecular weight is 299 g/mol. The van der Waals surface area contributed by atoms with Crippen molar-refractivity contribution in [3.63, 3.8) is 0 Å². The van der Waals surface area contributed by atoms with Gasteiger partial charge in [0.15, 0.2) is 0 Å². The molecular weight excluding hydrogens is 276 g/mol. The van der Waals surface area contributed by atoms with Crippen LogP contribution in [0.2, 0.25) is 0 Å². The summed E-state index contributed by atoms with van der Waals surface area (Å²) in [6.07, 6.45) is 3.21. The number of hydrogen-bond donors (Lipinski definition) is 3. The summed E-state index contributed by atoms with van der Waals surface area (Å²) in [7, 11) is 0. The fraction of sp³-hybridized carbons (Fsp3) is 0.533. The van der Waals surface area contributed by atoms with Crippen LogP contribution in [0.5, 0.6) is 0 Å². The van der Waals surface area contributed by atoms with Gasteiger partial charge in [0.1, 0.15) is 6.04 Å². The van der Waals surface area contributed by atoms with Crippen molar-refractivity contribution in [3.05, 3.63) is 35.4 Å². The van der Waals surface area contributed by atoms with Crippen molar-refractivity contribution in [2.45, 2.75) is 50.8 Å². The molecule has 4 N–H and O–H groups in total. The Labute approximate surface area is 126 Å². The molecule has 112 valence electrons. The van der Waals surface area contributed by atoms with E-state index < -0.39 is 12.1 Å². The molecule has 20 heavy (non-hydrogen) atoms. The maximum Gasteiger partial charge on any atom is 0.241 e. The fourth-order valence-corrected chi connectivity index (χ4v) is 2.48. The van der Waals surface area contributed by atoms with Crippen LogP contribution in [0.25, 0.3) is 0 Å². The number of halogens is 1. The Morgan fingerprint density at radius 2 is 1.90 bits per heavy atom. The van der Waals surface area contributed by atoms with E-state index in [1.54, 1.807) is 0 Å². The molecule has 1 unspecified atom stereocenters. The minimum absolute atomic E-state index is 0. The first-order chi connectivity index (χ1) is 9.08. The van der Waals surface area contributed by atoms with Crippen molar-refractivity contribution >= 4 is 18.3 Å². The number of benzene rings is 1. The minimum atomic E-state index is -0.672. The van der Waals surface area contributed by atoms with E-state index in [1.807, 2.05) is 31.2 Å². The molecule has 0 aliphatic heterocycles. The third-order valence-corrected chi connectivity index (χ3v) is 3.78. The summed E-state index contributed by atoms with van der Waals surface area (Å²) < 4.78 is 0. The first-order valence-electron chi connectivity index (χ1n) is 6.88. The molecule has 3 atom stereocenters. The second kappa shape index (κ2) is 7.62. The first kappa shape index (κ1) is 17.0. The van der Waals surface area contributed by atoms with E-state index in [4.69, 9.17) is 5.73 Å². The van der Waals surface area contributed by atoms with E-state index in [2.05, 4.69) is 5.32 Å². The van der Waals surface area contributed by atoms with Gasteiger partial charge < -0.3 is 16.2 Å². The standard InChI is InChI=1S/C15H22N2O2.ClH/c1-10-6-8-11(9-7-10)14(16)15(19)17-12-4-2-3-5-13(12)18;/h6-9,12-14,18H,2-5,16H2,1H3,(H,17,19);1H/t12-,13-,14?;/m1./s1. The number of carbonyl (C=O) groups excluding carboxylic acids is 1. The normalized spacial score (nSPS) is 23.6. The van der Waals surface area contributed by atoms with Gasteiger partial charge in [-0.1, -0.05) is 42.7 Å². The molecule has 5 heteroatoms. The number of amides is 1. The van der Waals surface area contributed by atoms with Crippen LogP contribution in [-0.4, -0.2) is 23.2 Å². The Hall–Kier alpha value is -1.10. The number of nitrogens with one attached hydrogen (secondary N) is 1. The predicted octanol–water partition coefficient (Wildman–Crippen LogP) is 1.84. The minimum Gasteiger partial charge on any atom is -0.391 e. The lowest BCUT2D eigenvalue weighted by Crippen LogP contribution is -2.48.